The summed E-state index contributed by atoms with van der Waals surface area (Å²) in [4.78, 5) is 17.1. The number of hydrogen-bond donors (Lipinski definition) is 1. The van der Waals surface area contributed by atoms with Gasteiger partial charge in [-0.2, -0.15) is 0 Å². The molecule has 2 heterocycles. The summed E-state index contributed by atoms with van der Waals surface area (Å²) >= 11 is 6.06. The molecule has 1 aromatic rings. The number of benzene rings is 1. The highest BCUT2D eigenvalue weighted by Gasteiger charge is 2.37. The van der Waals surface area contributed by atoms with Crippen LogP contribution < -0.4 is 10.2 Å². The molecule has 1 N–H and O–H groups in total. The van der Waals surface area contributed by atoms with Crippen LogP contribution in [0, 0.1) is 5.92 Å². The molecule has 2 fully saturated rings. The molecule has 0 aromatic heterocycles. The Kier molecular flexibility index (Phi) is 5.57. The van der Waals surface area contributed by atoms with E-state index in [1.807, 2.05) is 36.2 Å². The molecular formula is C18H26ClN3O. The normalized spacial score (nSPS) is 23.7. The van der Waals surface area contributed by atoms with Crippen LogP contribution in [-0.4, -0.2) is 50.1 Å². The third-order valence-electron chi connectivity index (χ3n) is 5.19. The minimum absolute atomic E-state index is 0.0548. The number of nitrogens with zero attached hydrogens (tertiary/aromatic N) is 2. The minimum Gasteiger partial charge on any atom is -0.320 e. The molecule has 5 heteroatoms. The zero-order chi connectivity index (χ0) is 16.2. The van der Waals surface area contributed by atoms with Gasteiger partial charge in [0.25, 0.3) is 0 Å². The molecule has 1 aromatic carbocycles. The van der Waals surface area contributed by atoms with E-state index in [9.17, 15) is 4.79 Å². The number of piperidine rings is 1. The summed E-state index contributed by atoms with van der Waals surface area (Å²) < 4.78 is 0. The lowest BCUT2D eigenvalue weighted by Gasteiger charge is -2.35. The number of amides is 1. The first-order chi connectivity index (χ1) is 11.2. The second-order valence-corrected chi connectivity index (χ2v) is 7.08. The van der Waals surface area contributed by atoms with Gasteiger partial charge in [-0.1, -0.05) is 17.7 Å². The molecule has 2 saturated heterocycles. The standard InChI is InChI=1S/C18H26ClN3O/c1-20-9-5-14-6-10-21(11-7-14)17-8-12-22(18(17)23)16-4-2-3-15(19)13-16/h2-4,13-14,17,20H,5-12H2,1H3. The van der Waals surface area contributed by atoms with Gasteiger partial charge >= 0.3 is 0 Å². The van der Waals surface area contributed by atoms with Crippen LogP contribution in [0.2, 0.25) is 5.02 Å². The minimum atomic E-state index is 0.0548. The number of carbonyl (C=O) groups excluding carboxylic acids is 1. The number of anilines is 1. The van der Waals surface area contributed by atoms with Crippen molar-refractivity contribution in [3.63, 3.8) is 0 Å². The molecule has 0 saturated carbocycles. The molecule has 4 nitrogen and oxygen atoms in total. The van der Waals surface area contributed by atoms with Crippen LogP contribution in [0.5, 0.6) is 0 Å². The Hall–Kier alpha value is -1.10. The second kappa shape index (κ2) is 7.65. The third kappa shape index (κ3) is 3.87. The maximum Gasteiger partial charge on any atom is 0.244 e. The molecule has 0 aliphatic carbocycles. The van der Waals surface area contributed by atoms with Crippen LogP contribution in [0.25, 0.3) is 0 Å². The van der Waals surface area contributed by atoms with Crippen molar-refractivity contribution >= 4 is 23.2 Å². The molecule has 2 aliphatic rings. The molecule has 0 spiro atoms. The van der Waals surface area contributed by atoms with Crippen LogP contribution in [0.3, 0.4) is 0 Å². The SMILES string of the molecule is CNCCC1CCN(C2CCN(c3cccc(Cl)c3)C2=O)CC1. The number of likely N-dealkylation sites (tertiary alicyclic amines) is 1. The van der Waals surface area contributed by atoms with Crippen molar-refractivity contribution in [1.82, 2.24) is 10.2 Å². The van der Waals surface area contributed by atoms with Crippen molar-refractivity contribution in [3.05, 3.63) is 29.3 Å². The van der Waals surface area contributed by atoms with E-state index in [2.05, 4.69) is 10.2 Å². The number of halogens is 1. The summed E-state index contributed by atoms with van der Waals surface area (Å²) in [5.74, 6) is 1.04. The first-order valence-electron chi connectivity index (χ1n) is 8.64. The molecular weight excluding hydrogens is 310 g/mol. The Morgan fingerprint density at radius 1 is 1.22 bits per heavy atom. The molecule has 1 amide bonds. The number of rotatable bonds is 5. The first-order valence-corrected chi connectivity index (χ1v) is 9.02. The topological polar surface area (TPSA) is 35.6 Å². The fourth-order valence-corrected chi connectivity index (χ4v) is 3.99. The van der Waals surface area contributed by atoms with Gasteiger partial charge in [-0.3, -0.25) is 9.69 Å². The zero-order valence-electron chi connectivity index (χ0n) is 13.8. The number of carbonyl (C=O) groups is 1. The number of hydrogen-bond acceptors (Lipinski definition) is 3. The molecule has 0 radical (unpaired) electrons. The van der Waals surface area contributed by atoms with Gasteiger partial charge in [0.1, 0.15) is 0 Å². The summed E-state index contributed by atoms with van der Waals surface area (Å²) in [6.45, 7) is 3.99. The summed E-state index contributed by atoms with van der Waals surface area (Å²) in [6.07, 6.45) is 4.59. The molecule has 126 valence electrons. The summed E-state index contributed by atoms with van der Waals surface area (Å²) in [6, 6.07) is 7.66. The van der Waals surface area contributed by atoms with Crippen molar-refractivity contribution in [1.29, 1.82) is 0 Å². The second-order valence-electron chi connectivity index (χ2n) is 6.65. The maximum atomic E-state index is 12.8. The Labute approximate surface area is 143 Å². The highest BCUT2D eigenvalue weighted by atomic mass is 35.5. The van der Waals surface area contributed by atoms with E-state index in [1.165, 1.54) is 19.3 Å². The van der Waals surface area contributed by atoms with Gasteiger partial charge in [0.05, 0.1) is 6.04 Å². The highest BCUT2D eigenvalue weighted by molar-refractivity contribution is 6.30. The predicted octanol–water partition coefficient (Wildman–Crippen LogP) is 2.77. The summed E-state index contributed by atoms with van der Waals surface area (Å²) in [5, 5.41) is 3.92. The van der Waals surface area contributed by atoms with Crippen molar-refractivity contribution in [3.8, 4) is 0 Å². The summed E-state index contributed by atoms with van der Waals surface area (Å²) in [7, 11) is 2.01. The van der Waals surface area contributed by atoms with Gasteiger partial charge in [-0.05, 0) is 76.5 Å². The molecule has 1 unspecified atom stereocenters. The quantitative estimate of drug-likeness (QED) is 0.898. The average Bonchev–Trinajstić information content (AvgIpc) is 2.95. The van der Waals surface area contributed by atoms with E-state index in [0.29, 0.717) is 5.02 Å². The Balaban J connectivity index is 1.57. The zero-order valence-corrected chi connectivity index (χ0v) is 14.6. The van der Waals surface area contributed by atoms with Crippen molar-refractivity contribution < 1.29 is 4.79 Å². The van der Waals surface area contributed by atoms with E-state index in [4.69, 9.17) is 11.6 Å². The highest BCUT2D eigenvalue weighted by Crippen LogP contribution is 2.29. The largest absolute Gasteiger partial charge is 0.320 e. The molecule has 3 rings (SSSR count). The van der Waals surface area contributed by atoms with Gasteiger partial charge < -0.3 is 10.2 Å². The molecule has 2 aliphatic heterocycles. The lowest BCUT2D eigenvalue weighted by atomic mass is 9.92. The van der Waals surface area contributed by atoms with Gasteiger partial charge in [-0.15, -0.1) is 0 Å². The van der Waals surface area contributed by atoms with Crippen LogP contribution in [0.1, 0.15) is 25.7 Å². The van der Waals surface area contributed by atoms with E-state index in [-0.39, 0.29) is 11.9 Å². The van der Waals surface area contributed by atoms with Crippen LogP contribution in [0.15, 0.2) is 24.3 Å². The van der Waals surface area contributed by atoms with Crippen molar-refractivity contribution in [2.75, 3.05) is 38.1 Å². The van der Waals surface area contributed by atoms with E-state index >= 15 is 0 Å². The smallest absolute Gasteiger partial charge is 0.244 e. The van der Waals surface area contributed by atoms with E-state index in [1.54, 1.807) is 0 Å². The van der Waals surface area contributed by atoms with Crippen LogP contribution in [-0.2, 0) is 4.79 Å². The maximum absolute atomic E-state index is 12.8. The van der Waals surface area contributed by atoms with Crippen molar-refractivity contribution in [2.45, 2.75) is 31.7 Å². The van der Waals surface area contributed by atoms with Crippen molar-refractivity contribution in [2.24, 2.45) is 5.92 Å². The van der Waals surface area contributed by atoms with Gasteiger partial charge in [0, 0.05) is 17.3 Å². The number of nitrogens with one attached hydrogen (secondary N) is 1. The summed E-state index contributed by atoms with van der Waals surface area (Å²) in [5.41, 5.74) is 0.925. The first kappa shape index (κ1) is 16.7. The van der Waals surface area contributed by atoms with Crippen LogP contribution >= 0.6 is 11.6 Å². The fraction of sp³-hybridized carbons (Fsp3) is 0.611. The van der Waals surface area contributed by atoms with Gasteiger partial charge in [0.15, 0.2) is 0 Å². The monoisotopic (exact) mass is 335 g/mol. The Morgan fingerprint density at radius 2 is 2.00 bits per heavy atom. The molecule has 0 bridgehead atoms. The van der Waals surface area contributed by atoms with Gasteiger partial charge in [0.2, 0.25) is 5.91 Å². The average molecular weight is 336 g/mol. The Bertz CT molecular complexity index is 543. The fourth-order valence-electron chi connectivity index (χ4n) is 3.81. The van der Waals surface area contributed by atoms with Gasteiger partial charge in [-0.25, -0.2) is 0 Å². The van der Waals surface area contributed by atoms with E-state index in [0.717, 1.165) is 44.2 Å². The molecule has 23 heavy (non-hydrogen) atoms. The Morgan fingerprint density at radius 3 is 2.70 bits per heavy atom. The predicted molar refractivity (Wildman–Crippen MR) is 95.1 cm³/mol. The van der Waals surface area contributed by atoms with Crippen LogP contribution in [0.4, 0.5) is 5.69 Å². The van der Waals surface area contributed by atoms with E-state index < -0.39 is 0 Å². The third-order valence-corrected chi connectivity index (χ3v) is 5.42. The lowest BCUT2D eigenvalue weighted by molar-refractivity contribution is -0.122. The lowest BCUT2D eigenvalue weighted by Crippen LogP contribution is -2.46. The molecule has 1 atom stereocenters.